The molecule has 1 heterocycles. The molecule has 27 heavy (non-hydrogen) atoms. The molecule has 5 nitrogen and oxygen atoms in total. The number of nitrogen functional groups attached to an aromatic ring is 1. The van der Waals surface area contributed by atoms with Crippen LogP contribution in [0.15, 0.2) is 48.7 Å². The lowest BCUT2D eigenvalue weighted by molar-refractivity contribution is -0.137. The van der Waals surface area contributed by atoms with E-state index >= 15 is 0 Å². The number of alkyl halides is 3. The van der Waals surface area contributed by atoms with E-state index in [1.807, 2.05) is 0 Å². The van der Waals surface area contributed by atoms with Crippen LogP contribution >= 0.6 is 0 Å². The number of nitrogens with two attached hydrogens (primary N) is 1. The number of nitrogens with one attached hydrogen (secondary N) is 2. The van der Waals surface area contributed by atoms with E-state index in [9.17, 15) is 22.4 Å². The van der Waals surface area contributed by atoms with Crippen LogP contribution in [0.25, 0.3) is 11.3 Å². The Kier molecular flexibility index (Phi) is 4.85. The molecule has 1 amide bonds. The van der Waals surface area contributed by atoms with Crippen LogP contribution in [0.5, 0.6) is 0 Å². The molecule has 4 N–H and O–H groups in total. The topological polar surface area (TPSA) is 83.8 Å². The monoisotopic (exact) mass is 378 g/mol. The van der Waals surface area contributed by atoms with Crippen LogP contribution in [0, 0.1) is 5.82 Å². The molecule has 0 fully saturated rings. The quantitative estimate of drug-likeness (QED) is 0.605. The van der Waals surface area contributed by atoms with Gasteiger partial charge < -0.3 is 11.1 Å². The molecule has 0 atom stereocenters. The van der Waals surface area contributed by atoms with Crippen LogP contribution in [0.4, 0.5) is 23.2 Å². The van der Waals surface area contributed by atoms with Gasteiger partial charge in [-0.05, 0) is 23.8 Å². The molecule has 0 unspecified atom stereocenters. The second-order valence-electron chi connectivity index (χ2n) is 5.77. The van der Waals surface area contributed by atoms with Crippen LogP contribution in [-0.4, -0.2) is 16.1 Å². The van der Waals surface area contributed by atoms with E-state index in [0.29, 0.717) is 35.1 Å². The minimum atomic E-state index is -4.66. The first-order valence-corrected chi connectivity index (χ1v) is 7.79. The number of rotatable bonds is 4. The average Bonchev–Trinajstić information content (AvgIpc) is 3.05. The van der Waals surface area contributed by atoms with Gasteiger partial charge in [-0.2, -0.15) is 18.3 Å². The van der Waals surface area contributed by atoms with Gasteiger partial charge in [0.05, 0.1) is 28.7 Å². The Morgan fingerprint density at radius 2 is 1.85 bits per heavy atom. The number of carbonyl (C=O) groups is 1. The number of carbonyl (C=O) groups excluding carboxylic acids is 1. The number of anilines is 1. The number of amides is 1. The number of hydrogen-bond donors (Lipinski definition) is 3. The van der Waals surface area contributed by atoms with Crippen LogP contribution in [0.1, 0.15) is 21.5 Å². The van der Waals surface area contributed by atoms with Crippen molar-refractivity contribution in [3.8, 4) is 11.3 Å². The van der Waals surface area contributed by atoms with E-state index in [1.54, 1.807) is 24.3 Å². The summed E-state index contributed by atoms with van der Waals surface area (Å²) in [5, 5.41) is 8.99. The summed E-state index contributed by atoms with van der Waals surface area (Å²) >= 11 is 0. The molecule has 140 valence electrons. The van der Waals surface area contributed by atoms with Gasteiger partial charge in [-0.15, -0.1) is 0 Å². The van der Waals surface area contributed by atoms with Crippen LogP contribution in [0.3, 0.4) is 0 Å². The Balaban J connectivity index is 1.70. The standard InChI is InChI=1S/C18H14F4N4O/c19-14-6-5-12(18(20,21)22)7-13(14)17(27)24-8-10-1-3-11(4-2-10)16-15(23)9-25-26-16/h1-7,9H,8,23H2,(H,24,27)(H,25,26). The Hall–Kier alpha value is -3.36. The summed E-state index contributed by atoms with van der Waals surface area (Å²) in [7, 11) is 0. The van der Waals surface area contributed by atoms with Gasteiger partial charge in [-0.3, -0.25) is 9.89 Å². The molecule has 0 aliphatic heterocycles. The fourth-order valence-corrected chi connectivity index (χ4v) is 2.47. The third-order valence-electron chi connectivity index (χ3n) is 3.90. The highest BCUT2D eigenvalue weighted by Crippen LogP contribution is 2.30. The minimum absolute atomic E-state index is 0.0211. The van der Waals surface area contributed by atoms with Gasteiger partial charge in [0.1, 0.15) is 5.82 Å². The fraction of sp³-hybridized carbons (Fsp3) is 0.111. The summed E-state index contributed by atoms with van der Waals surface area (Å²) in [5.74, 6) is -1.95. The zero-order valence-corrected chi connectivity index (χ0v) is 13.8. The molecule has 3 aromatic rings. The van der Waals surface area contributed by atoms with Crippen molar-refractivity contribution in [3.05, 3.63) is 71.2 Å². The van der Waals surface area contributed by atoms with Crippen molar-refractivity contribution in [2.24, 2.45) is 0 Å². The summed E-state index contributed by atoms with van der Waals surface area (Å²) in [6.07, 6.45) is -3.18. The molecule has 0 aliphatic carbocycles. The van der Waals surface area contributed by atoms with Gasteiger partial charge in [0.15, 0.2) is 0 Å². The molecule has 0 saturated carbocycles. The molecule has 9 heteroatoms. The molecular weight excluding hydrogens is 364 g/mol. The number of H-pyrrole nitrogens is 1. The van der Waals surface area contributed by atoms with Crippen molar-refractivity contribution >= 4 is 11.6 Å². The maximum Gasteiger partial charge on any atom is 0.416 e. The highest BCUT2D eigenvalue weighted by Gasteiger charge is 2.31. The number of nitrogens with zero attached hydrogens (tertiary/aromatic N) is 1. The van der Waals surface area contributed by atoms with E-state index in [0.717, 1.165) is 5.56 Å². The lowest BCUT2D eigenvalue weighted by Gasteiger charge is -2.10. The third kappa shape index (κ3) is 4.08. The lowest BCUT2D eigenvalue weighted by Crippen LogP contribution is -2.24. The highest BCUT2D eigenvalue weighted by atomic mass is 19.4. The average molecular weight is 378 g/mol. The smallest absolute Gasteiger partial charge is 0.396 e. The van der Waals surface area contributed by atoms with E-state index in [-0.39, 0.29) is 6.54 Å². The third-order valence-corrected chi connectivity index (χ3v) is 3.90. The molecule has 0 saturated heterocycles. The van der Waals surface area contributed by atoms with Crippen LogP contribution in [-0.2, 0) is 12.7 Å². The van der Waals surface area contributed by atoms with Crippen molar-refractivity contribution in [3.63, 3.8) is 0 Å². The van der Waals surface area contributed by atoms with Gasteiger partial charge >= 0.3 is 6.18 Å². The lowest BCUT2D eigenvalue weighted by atomic mass is 10.1. The highest BCUT2D eigenvalue weighted by molar-refractivity contribution is 5.94. The molecule has 2 aromatic carbocycles. The summed E-state index contributed by atoms with van der Waals surface area (Å²) in [5.41, 5.74) is 6.61. The second-order valence-corrected chi connectivity index (χ2v) is 5.77. The van der Waals surface area contributed by atoms with E-state index < -0.39 is 29.0 Å². The number of aromatic nitrogens is 2. The molecule has 0 spiro atoms. The first-order valence-electron chi connectivity index (χ1n) is 7.79. The fourth-order valence-electron chi connectivity index (χ4n) is 2.47. The van der Waals surface area contributed by atoms with Crippen molar-refractivity contribution in [2.45, 2.75) is 12.7 Å². The number of aromatic amines is 1. The molecule has 1 aromatic heterocycles. The van der Waals surface area contributed by atoms with Gasteiger partial charge in [0.25, 0.3) is 5.91 Å². The van der Waals surface area contributed by atoms with Crippen molar-refractivity contribution < 1.29 is 22.4 Å². The van der Waals surface area contributed by atoms with Crippen molar-refractivity contribution in [2.75, 3.05) is 5.73 Å². The Bertz CT molecular complexity index is 964. The van der Waals surface area contributed by atoms with E-state index in [2.05, 4.69) is 15.5 Å². The zero-order chi connectivity index (χ0) is 19.6. The molecule has 0 radical (unpaired) electrons. The van der Waals surface area contributed by atoms with Crippen molar-refractivity contribution in [1.29, 1.82) is 0 Å². The second kappa shape index (κ2) is 7.10. The van der Waals surface area contributed by atoms with E-state index in [1.165, 1.54) is 6.20 Å². The Morgan fingerprint density at radius 1 is 1.15 bits per heavy atom. The molecule has 3 rings (SSSR count). The Morgan fingerprint density at radius 3 is 2.44 bits per heavy atom. The number of halogens is 4. The van der Waals surface area contributed by atoms with E-state index in [4.69, 9.17) is 5.73 Å². The predicted molar refractivity (Wildman–Crippen MR) is 91.0 cm³/mol. The summed E-state index contributed by atoms with van der Waals surface area (Å²) in [4.78, 5) is 12.1. The molecule has 0 bridgehead atoms. The van der Waals surface area contributed by atoms with Crippen LogP contribution < -0.4 is 11.1 Å². The van der Waals surface area contributed by atoms with Gasteiger partial charge in [-0.25, -0.2) is 4.39 Å². The maximum atomic E-state index is 13.7. The number of hydrogen-bond acceptors (Lipinski definition) is 3. The zero-order valence-electron chi connectivity index (χ0n) is 13.8. The van der Waals surface area contributed by atoms with Gasteiger partial charge in [-0.1, -0.05) is 24.3 Å². The minimum Gasteiger partial charge on any atom is -0.396 e. The predicted octanol–water partition coefficient (Wildman–Crippen LogP) is 3.75. The summed E-state index contributed by atoms with van der Waals surface area (Å²) < 4.78 is 51.9. The Labute approximate surface area is 151 Å². The maximum absolute atomic E-state index is 13.7. The SMILES string of the molecule is Nc1cn[nH]c1-c1ccc(CNC(=O)c2cc(C(F)(F)F)ccc2F)cc1. The van der Waals surface area contributed by atoms with Gasteiger partial charge in [0, 0.05) is 12.1 Å². The summed E-state index contributed by atoms with van der Waals surface area (Å²) in [6, 6.07) is 8.62. The molecular formula is C18H14F4N4O. The normalized spacial score (nSPS) is 11.4. The first kappa shape index (κ1) is 18.4. The van der Waals surface area contributed by atoms with Gasteiger partial charge in [0.2, 0.25) is 0 Å². The van der Waals surface area contributed by atoms with Crippen LogP contribution in [0.2, 0.25) is 0 Å². The largest absolute Gasteiger partial charge is 0.416 e. The number of benzene rings is 2. The first-order chi connectivity index (χ1) is 12.8. The molecule has 0 aliphatic rings. The van der Waals surface area contributed by atoms with Crippen molar-refractivity contribution in [1.82, 2.24) is 15.5 Å². The summed E-state index contributed by atoms with van der Waals surface area (Å²) in [6.45, 7) is 0.0211.